The maximum Gasteiger partial charge on any atom is 0.151 e. The third-order valence-electron chi connectivity index (χ3n) is 3.96. The van der Waals surface area contributed by atoms with Crippen molar-refractivity contribution in [3.8, 4) is 0 Å². The standard InChI is InChI=1S/C15H27N5/c1-11(2)16-8-13-6-7-15(18-17-13)20-9-12(3)14(10-20)19(4)5/h6-7,11-12,14,16H,8-10H2,1-5H3. The first-order valence-corrected chi connectivity index (χ1v) is 7.44. The van der Waals surface area contributed by atoms with Crippen molar-refractivity contribution < 1.29 is 0 Å². The van der Waals surface area contributed by atoms with E-state index in [1.165, 1.54) is 0 Å². The quantitative estimate of drug-likeness (QED) is 0.880. The summed E-state index contributed by atoms with van der Waals surface area (Å²) in [4.78, 5) is 4.64. The van der Waals surface area contributed by atoms with Crippen molar-refractivity contribution in [1.82, 2.24) is 20.4 Å². The van der Waals surface area contributed by atoms with Crippen LogP contribution in [0.4, 0.5) is 5.82 Å². The number of aromatic nitrogens is 2. The van der Waals surface area contributed by atoms with Gasteiger partial charge in [-0.3, -0.25) is 0 Å². The molecular formula is C15H27N5. The van der Waals surface area contributed by atoms with E-state index in [2.05, 4.69) is 72.3 Å². The van der Waals surface area contributed by atoms with Crippen LogP contribution in [0.25, 0.3) is 0 Å². The van der Waals surface area contributed by atoms with E-state index in [0.29, 0.717) is 18.0 Å². The van der Waals surface area contributed by atoms with Gasteiger partial charge in [0.1, 0.15) is 0 Å². The van der Waals surface area contributed by atoms with E-state index in [-0.39, 0.29) is 0 Å². The summed E-state index contributed by atoms with van der Waals surface area (Å²) in [5.41, 5.74) is 0.999. The molecule has 0 spiro atoms. The highest BCUT2D eigenvalue weighted by molar-refractivity contribution is 5.39. The van der Waals surface area contributed by atoms with Crippen molar-refractivity contribution in [2.45, 2.75) is 39.4 Å². The lowest BCUT2D eigenvalue weighted by Crippen LogP contribution is -2.34. The molecular weight excluding hydrogens is 250 g/mol. The van der Waals surface area contributed by atoms with E-state index >= 15 is 0 Å². The molecule has 2 atom stereocenters. The highest BCUT2D eigenvalue weighted by Gasteiger charge is 2.31. The first-order valence-electron chi connectivity index (χ1n) is 7.44. The average molecular weight is 277 g/mol. The molecule has 0 aromatic carbocycles. The zero-order valence-electron chi connectivity index (χ0n) is 13.3. The van der Waals surface area contributed by atoms with Crippen LogP contribution in [-0.2, 0) is 6.54 Å². The zero-order valence-corrected chi connectivity index (χ0v) is 13.3. The fourth-order valence-corrected chi connectivity index (χ4v) is 2.73. The molecule has 20 heavy (non-hydrogen) atoms. The van der Waals surface area contributed by atoms with Crippen LogP contribution in [0.3, 0.4) is 0 Å². The van der Waals surface area contributed by atoms with Crippen molar-refractivity contribution in [1.29, 1.82) is 0 Å². The summed E-state index contributed by atoms with van der Waals surface area (Å²) in [7, 11) is 4.30. The molecule has 5 heteroatoms. The molecule has 1 aliphatic rings. The Labute approximate surface area is 122 Å². The molecule has 0 aliphatic carbocycles. The summed E-state index contributed by atoms with van der Waals surface area (Å²) in [6.07, 6.45) is 0. The van der Waals surface area contributed by atoms with Crippen molar-refractivity contribution >= 4 is 5.82 Å². The Kier molecular flexibility index (Phi) is 4.94. The zero-order chi connectivity index (χ0) is 14.7. The van der Waals surface area contributed by atoms with Crippen molar-refractivity contribution in [3.63, 3.8) is 0 Å². The molecule has 1 aromatic heterocycles. The number of rotatable bonds is 5. The van der Waals surface area contributed by atoms with Gasteiger partial charge in [0.05, 0.1) is 5.69 Å². The lowest BCUT2D eigenvalue weighted by atomic mass is 10.1. The van der Waals surface area contributed by atoms with E-state index in [9.17, 15) is 0 Å². The SMILES string of the molecule is CC(C)NCc1ccc(N2CC(C)C(N(C)C)C2)nn1. The molecule has 1 saturated heterocycles. The molecule has 5 nitrogen and oxygen atoms in total. The Hall–Kier alpha value is -1.20. The summed E-state index contributed by atoms with van der Waals surface area (Å²) in [5.74, 6) is 1.66. The smallest absolute Gasteiger partial charge is 0.151 e. The molecule has 1 fully saturated rings. The van der Waals surface area contributed by atoms with E-state index in [1.54, 1.807) is 0 Å². The topological polar surface area (TPSA) is 44.3 Å². The van der Waals surface area contributed by atoms with Gasteiger partial charge >= 0.3 is 0 Å². The lowest BCUT2D eigenvalue weighted by molar-refractivity contribution is 0.266. The van der Waals surface area contributed by atoms with Gasteiger partial charge in [-0.2, -0.15) is 5.10 Å². The van der Waals surface area contributed by atoms with E-state index in [4.69, 9.17) is 0 Å². The minimum Gasteiger partial charge on any atom is -0.353 e. The summed E-state index contributed by atoms with van der Waals surface area (Å²) >= 11 is 0. The number of nitrogens with one attached hydrogen (secondary N) is 1. The van der Waals surface area contributed by atoms with Crippen LogP contribution in [-0.4, -0.2) is 54.4 Å². The van der Waals surface area contributed by atoms with Crippen LogP contribution in [0, 0.1) is 5.92 Å². The van der Waals surface area contributed by atoms with Crippen LogP contribution < -0.4 is 10.2 Å². The normalized spacial score (nSPS) is 23.1. The first kappa shape index (κ1) is 15.2. The second-order valence-corrected chi connectivity index (χ2v) is 6.33. The van der Waals surface area contributed by atoms with E-state index in [0.717, 1.165) is 31.1 Å². The number of hydrogen-bond acceptors (Lipinski definition) is 5. The highest BCUT2D eigenvalue weighted by Crippen LogP contribution is 2.24. The van der Waals surface area contributed by atoms with Crippen molar-refractivity contribution in [2.24, 2.45) is 5.92 Å². The van der Waals surface area contributed by atoms with E-state index in [1.807, 2.05) is 0 Å². The largest absolute Gasteiger partial charge is 0.353 e. The van der Waals surface area contributed by atoms with Crippen LogP contribution in [0.2, 0.25) is 0 Å². The predicted octanol–water partition coefficient (Wildman–Crippen LogP) is 1.36. The third kappa shape index (κ3) is 3.67. The fourth-order valence-electron chi connectivity index (χ4n) is 2.73. The monoisotopic (exact) mass is 277 g/mol. The van der Waals surface area contributed by atoms with Gasteiger partial charge in [-0.1, -0.05) is 20.8 Å². The Morgan fingerprint density at radius 1 is 1.30 bits per heavy atom. The minimum absolute atomic E-state index is 0.469. The maximum absolute atomic E-state index is 4.38. The van der Waals surface area contributed by atoms with Gasteiger partial charge in [0.2, 0.25) is 0 Å². The third-order valence-corrected chi connectivity index (χ3v) is 3.96. The van der Waals surface area contributed by atoms with Gasteiger partial charge in [0.25, 0.3) is 0 Å². The molecule has 0 saturated carbocycles. The molecule has 0 amide bonds. The number of anilines is 1. The van der Waals surface area contributed by atoms with Crippen LogP contribution in [0.15, 0.2) is 12.1 Å². The second-order valence-electron chi connectivity index (χ2n) is 6.33. The van der Waals surface area contributed by atoms with Crippen LogP contribution in [0.5, 0.6) is 0 Å². The second kappa shape index (κ2) is 6.50. The van der Waals surface area contributed by atoms with Gasteiger partial charge in [-0.05, 0) is 32.1 Å². The van der Waals surface area contributed by atoms with Crippen molar-refractivity contribution in [2.75, 3.05) is 32.1 Å². The molecule has 112 valence electrons. The van der Waals surface area contributed by atoms with Gasteiger partial charge in [-0.15, -0.1) is 5.10 Å². The van der Waals surface area contributed by atoms with Gasteiger partial charge < -0.3 is 15.1 Å². The first-order chi connectivity index (χ1) is 9.47. The highest BCUT2D eigenvalue weighted by atomic mass is 15.3. The number of hydrogen-bond donors (Lipinski definition) is 1. The Morgan fingerprint density at radius 2 is 2.05 bits per heavy atom. The lowest BCUT2D eigenvalue weighted by Gasteiger charge is -2.22. The molecule has 1 N–H and O–H groups in total. The molecule has 0 radical (unpaired) electrons. The van der Waals surface area contributed by atoms with Gasteiger partial charge in [0.15, 0.2) is 5.82 Å². The molecule has 2 rings (SSSR count). The van der Waals surface area contributed by atoms with Gasteiger partial charge in [0, 0.05) is 31.7 Å². The molecule has 1 aromatic rings. The molecule has 1 aliphatic heterocycles. The number of likely N-dealkylation sites (N-methyl/N-ethyl adjacent to an activating group) is 1. The predicted molar refractivity (Wildman–Crippen MR) is 82.9 cm³/mol. The molecule has 2 heterocycles. The summed E-state index contributed by atoms with van der Waals surface area (Å²) in [6, 6.07) is 5.23. The average Bonchev–Trinajstić information content (AvgIpc) is 2.79. The van der Waals surface area contributed by atoms with E-state index < -0.39 is 0 Å². The summed E-state index contributed by atoms with van der Waals surface area (Å²) in [6.45, 7) is 9.44. The Morgan fingerprint density at radius 3 is 2.55 bits per heavy atom. The molecule has 2 unspecified atom stereocenters. The minimum atomic E-state index is 0.469. The number of nitrogens with zero attached hydrogens (tertiary/aromatic N) is 4. The Balaban J connectivity index is 1.97. The summed E-state index contributed by atoms with van der Waals surface area (Å²) in [5, 5.41) is 12.1. The van der Waals surface area contributed by atoms with Crippen LogP contribution >= 0.6 is 0 Å². The van der Waals surface area contributed by atoms with Gasteiger partial charge in [-0.25, -0.2) is 0 Å². The summed E-state index contributed by atoms with van der Waals surface area (Å²) < 4.78 is 0. The maximum atomic E-state index is 4.38. The Bertz CT molecular complexity index is 415. The van der Waals surface area contributed by atoms with Crippen LogP contribution in [0.1, 0.15) is 26.5 Å². The van der Waals surface area contributed by atoms with Crippen molar-refractivity contribution in [3.05, 3.63) is 17.8 Å². The fraction of sp³-hybridized carbons (Fsp3) is 0.733. The molecule has 0 bridgehead atoms.